The van der Waals surface area contributed by atoms with Crippen LogP contribution >= 0.6 is 0 Å². The van der Waals surface area contributed by atoms with Gasteiger partial charge in [0.05, 0.1) is 17.4 Å². The van der Waals surface area contributed by atoms with Gasteiger partial charge in [-0.25, -0.2) is 9.97 Å². The minimum Gasteiger partial charge on any atom is -0.374 e. The molecule has 3 rings (SSSR count). The van der Waals surface area contributed by atoms with Crippen LogP contribution in [0.15, 0.2) is 30.9 Å². The number of allylic oxidation sites excluding steroid dienone is 1. The number of H-pyrrole nitrogens is 1. The van der Waals surface area contributed by atoms with Gasteiger partial charge < -0.3 is 15.2 Å². The number of hydrogen-bond donors (Lipinski definition) is 2. The van der Waals surface area contributed by atoms with Crippen LogP contribution in [0.2, 0.25) is 0 Å². The highest BCUT2D eigenvalue weighted by molar-refractivity contribution is 5.86. The Hall–Kier alpha value is -2.55. The first kappa shape index (κ1) is 13.4. The van der Waals surface area contributed by atoms with Crippen LogP contribution in [0.5, 0.6) is 0 Å². The van der Waals surface area contributed by atoms with Gasteiger partial charge in [0.15, 0.2) is 0 Å². The number of aromatic amines is 1. The van der Waals surface area contributed by atoms with E-state index in [1.165, 1.54) is 0 Å². The summed E-state index contributed by atoms with van der Waals surface area (Å²) in [4.78, 5) is 13.8. The Labute approximate surface area is 123 Å². The Morgan fingerprint density at radius 1 is 1.48 bits per heavy atom. The highest BCUT2D eigenvalue weighted by Crippen LogP contribution is 2.23. The summed E-state index contributed by atoms with van der Waals surface area (Å²) >= 11 is 0. The van der Waals surface area contributed by atoms with E-state index in [-0.39, 0.29) is 12.0 Å². The maximum atomic E-state index is 9.24. The van der Waals surface area contributed by atoms with Crippen molar-refractivity contribution in [3.8, 4) is 6.07 Å². The van der Waals surface area contributed by atoms with Crippen LogP contribution in [0.25, 0.3) is 11.0 Å². The minimum atomic E-state index is 0.0380. The first-order valence-corrected chi connectivity index (χ1v) is 7.11. The van der Waals surface area contributed by atoms with Crippen molar-refractivity contribution in [2.45, 2.75) is 19.4 Å². The topological polar surface area (TPSA) is 80.6 Å². The number of piperidine rings is 1. The van der Waals surface area contributed by atoms with E-state index in [1.807, 2.05) is 31.5 Å². The molecule has 6 heteroatoms. The summed E-state index contributed by atoms with van der Waals surface area (Å²) in [7, 11) is 0. The number of aromatic nitrogens is 3. The van der Waals surface area contributed by atoms with Gasteiger partial charge in [-0.1, -0.05) is 6.08 Å². The van der Waals surface area contributed by atoms with Gasteiger partial charge >= 0.3 is 0 Å². The molecule has 3 heterocycles. The molecule has 0 spiro atoms. The molecule has 2 aromatic heterocycles. The zero-order valence-electron chi connectivity index (χ0n) is 12.0. The van der Waals surface area contributed by atoms with Crippen molar-refractivity contribution in [2.24, 2.45) is 5.92 Å². The molecular formula is C15H18N6. The van der Waals surface area contributed by atoms with Crippen molar-refractivity contribution in [2.75, 3.05) is 18.4 Å². The van der Waals surface area contributed by atoms with Gasteiger partial charge in [0.2, 0.25) is 0 Å². The number of likely N-dealkylation sites (tertiary alicyclic amines) is 1. The Bertz CT molecular complexity index is 683. The zero-order valence-corrected chi connectivity index (χ0v) is 12.0. The molecule has 6 nitrogen and oxygen atoms in total. The summed E-state index contributed by atoms with van der Waals surface area (Å²) in [5.41, 5.74) is 0.824. The van der Waals surface area contributed by atoms with Gasteiger partial charge in [-0.15, -0.1) is 0 Å². The number of anilines is 1. The lowest BCUT2D eigenvalue weighted by Gasteiger charge is -2.35. The highest BCUT2D eigenvalue weighted by atomic mass is 15.2. The molecule has 0 saturated carbocycles. The van der Waals surface area contributed by atoms with Crippen LogP contribution in [0, 0.1) is 17.2 Å². The van der Waals surface area contributed by atoms with E-state index in [1.54, 1.807) is 6.33 Å². The summed E-state index contributed by atoms with van der Waals surface area (Å²) in [5.74, 6) is 0.862. The standard InChI is InChI=1S/C15H18N6/c1-2-5-21-8-11(7-16)6-12(9-21)20-15-13-3-4-17-14(13)18-10-19-15/h2-5,10-12H,6,8-9H2,1H3,(H2,17,18,19,20)/t11-,12+/m0/s1. The molecule has 0 aromatic carbocycles. The van der Waals surface area contributed by atoms with Crippen molar-refractivity contribution in [1.29, 1.82) is 5.26 Å². The first-order valence-electron chi connectivity index (χ1n) is 7.11. The van der Waals surface area contributed by atoms with Crippen LogP contribution in [0.1, 0.15) is 13.3 Å². The van der Waals surface area contributed by atoms with E-state index >= 15 is 0 Å². The molecule has 2 N–H and O–H groups in total. The van der Waals surface area contributed by atoms with E-state index in [0.717, 1.165) is 36.4 Å². The highest BCUT2D eigenvalue weighted by Gasteiger charge is 2.26. The SMILES string of the molecule is CC=CN1C[C@H](C#N)C[C@@H](Nc2ncnc3[nH]ccc23)C1. The Morgan fingerprint density at radius 2 is 2.38 bits per heavy atom. The molecule has 0 unspecified atom stereocenters. The van der Waals surface area contributed by atoms with Crippen molar-refractivity contribution in [3.05, 3.63) is 30.9 Å². The van der Waals surface area contributed by atoms with Crippen LogP contribution in [-0.2, 0) is 0 Å². The molecule has 1 fully saturated rings. The summed E-state index contributed by atoms with van der Waals surface area (Å²) in [6, 6.07) is 4.55. The average molecular weight is 282 g/mol. The molecule has 0 aliphatic carbocycles. The Kier molecular flexibility index (Phi) is 3.73. The fourth-order valence-electron chi connectivity index (χ4n) is 2.84. The molecule has 1 aliphatic rings. The number of rotatable bonds is 3. The van der Waals surface area contributed by atoms with E-state index in [4.69, 9.17) is 0 Å². The van der Waals surface area contributed by atoms with Crippen molar-refractivity contribution < 1.29 is 0 Å². The second-order valence-corrected chi connectivity index (χ2v) is 5.30. The monoisotopic (exact) mass is 282 g/mol. The number of nitrogens with one attached hydrogen (secondary N) is 2. The Balaban J connectivity index is 1.80. The predicted octanol–water partition coefficient (Wildman–Crippen LogP) is 2.12. The normalized spacial score (nSPS) is 22.6. The second-order valence-electron chi connectivity index (χ2n) is 5.30. The Morgan fingerprint density at radius 3 is 3.19 bits per heavy atom. The molecule has 0 amide bonds. The third-order valence-corrected chi connectivity index (χ3v) is 3.72. The van der Waals surface area contributed by atoms with Gasteiger partial charge in [-0.05, 0) is 25.6 Å². The first-order chi connectivity index (χ1) is 10.3. The van der Waals surface area contributed by atoms with Crippen molar-refractivity contribution in [3.63, 3.8) is 0 Å². The third kappa shape index (κ3) is 2.82. The number of fused-ring (bicyclic) bond motifs is 1. The van der Waals surface area contributed by atoms with E-state index in [0.29, 0.717) is 0 Å². The molecule has 0 radical (unpaired) electrons. The average Bonchev–Trinajstić information content (AvgIpc) is 2.97. The smallest absolute Gasteiger partial charge is 0.142 e. The molecule has 2 aromatic rings. The van der Waals surface area contributed by atoms with Gasteiger partial charge in [-0.2, -0.15) is 5.26 Å². The summed E-state index contributed by atoms with van der Waals surface area (Å²) in [6.45, 7) is 3.66. The van der Waals surface area contributed by atoms with Crippen molar-refractivity contribution in [1.82, 2.24) is 19.9 Å². The molecular weight excluding hydrogens is 264 g/mol. The quantitative estimate of drug-likeness (QED) is 0.901. The third-order valence-electron chi connectivity index (χ3n) is 3.72. The lowest BCUT2D eigenvalue weighted by Crippen LogP contribution is -2.43. The van der Waals surface area contributed by atoms with E-state index in [9.17, 15) is 5.26 Å². The predicted molar refractivity (Wildman–Crippen MR) is 81.4 cm³/mol. The number of nitriles is 1. The minimum absolute atomic E-state index is 0.0380. The molecule has 108 valence electrons. The number of hydrogen-bond acceptors (Lipinski definition) is 5. The molecule has 1 saturated heterocycles. The fourth-order valence-corrected chi connectivity index (χ4v) is 2.84. The molecule has 1 aliphatic heterocycles. The summed E-state index contributed by atoms with van der Waals surface area (Å²) < 4.78 is 0. The molecule has 21 heavy (non-hydrogen) atoms. The van der Waals surface area contributed by atoms with Gasteiger partial charge in [0, 0.05) is 25.3 Å². The maximum Gasteiger partial charge on any atom is 0.142 e. The maximum absolute atomic E-state index is 9.24. The van der Waals surface area contributed by atoms with Gasteiger partial charge in [0.25, 0.3) is 0 Å². The van der Waals surface area contributed by atoms with Crippen LogP contribution < -0.4 is 5.32 Å². The second kappa shape index (κ2) is 5.83. The largest absolute Gasteiger partial charge is 0.374 e. The number of nitrogens with zero attached hydrogens (tertiary/aromatic N) is 4. The van der Waals surface area contributed by atoms with E-state index in [2.05, 4.69) is 31.2 Å². The lowest BCUT2D eigenvalue weighted by molar-refractivity contribution is 0.252. The van der Waals surface area contributed by atoms with Crippen LogP contribution in [0.3, 0.4) is 0 Å². The summed E-state index contributed by atoms with van der Waals surface area (Å²) in [5, 5.41) is 13.7. The molecule has 0 bridgehead atoms. The molecule has 2 atom stereocenters. The van der Waals surface area contributed by atoms with E-state index < -0.39 is 0 Å². The fraction of sp³-hybridized carbons (Fsp3) is 0.400. The van der Waals surface area contributed by atoms with Gasteiger partial charge in [-0.3, -0.25) is 0 Å². The van der Waals surface area contributed by atoms with Crippen LogP contribution in [-0.4, -0.2) is 39.0 Å². The van der Waals surface area contributed by atoms with Gasteiger partial charge in [0.1, 0.15) is 17.8 Å². The van der Waals surface area contributed by atoms with Crippen LogP contribution in [0.4, 0.5) is 5.82 Å². The zero-order chi connectivity index (χ0) is 14.7. The lowest BCUT2D eigenvalue weighted by atomic mass is 9.95. The summed E-state index contributed by atoms with van der Waals surface area (Å²) in [6.07, 6.45) is 8.29. The van der Waals surface area contributed by atoms with Crippen molar-refractivity contribution >= 4 is 16.9 Å².